The van der Waals surface area contributed by atoms with Crippen LogP contribution in [0.5, 0.6) is 11.5 Å². The van der Waals surface area contributed by atoms with E-state index in [-0.39, 0.29) is 12.5 Å². The summed E-state index contributed by atoms with van der Waals surface area (Å²) >= 11 is 0. The molecular formula is C19H25N3O3. The van der Waals surface area contributed by atoms with E-state index in [1.807, 2.05) is 30.1 Å². The highest BCUT2D eigenvalue weighted by molar-refractivity contribution is 5.79. The number of ether oxygens (including phenoxy) is 2. The van der Waals surface area contributed by atoms with Crippen LogP contribution in [0.1, 0.15) is 37.7 Å². The third kappa shape index (κ3) is 4.43. The number of carbonyl (C=O) groups is 1. The van der Waals surface area contributed by atoms with Gasteiger partial charge in [-0.05, 0) is 37.6 Å². The molecule has 1 heterocycles. The monoisotopic (exact) mass is 343 g/mol. The fraction of sp³-hybridized carbons (Fsp3) is 0.579. The first-order valence-electron chi connectivity index (χ1n) is 8.90. The Balaban J connectivity index is 1.54. The maximum atomic E-state index is 12.4. The molecule has 1 aliphatic heterocycles. The smallest absolute Gasteiger partial charge is 0.235 e. The Morgan fingerprint density at radius 3 is 2.68 bits per heavy atom. The average molecular weight is 343 g/mol. The van der Waals surface area contributed by atoms with Crippen molar-refractivity contribution in [1.82, 2.24) is 10.2 Å². The zero-order chi connectivity index (χ0) is 17.7. The predicted molar refractivity (Wildman–Crippen MR) is 93.3 cm³/mol. The molecule has 1 aromatic rings. The summed E-state index contributed by atoms with van der Waals surface area (Å²) in [5.74, 6) is 1.43. The zero-order valence-corrected chi connectivity index (χ0v) is 14.7. The number of rotatable bonds is 5. The maximum absolute atomic E-state index is 12.4. The molecule has 0 saturated heterocycles. The number of likely N-dealkylation sites (N-methyl/N-ethyl adjacent to an activating group) is 1. The van der Waals surface area contributed by atoms with Gasteiger partial charge in [0.2, 0.25) is 5.91 Å². The lowest BCUT2D eigenvalue weighted by atomic mass is 9.83. The third-order valence-corrected chi connectivity index (χ3v) is 4.77. The van der Waals surface area contributed by atoms with E-state index >= 15 is 0 Å². The molecule has 1 fully saturated rings. The first kappa shape index (κ1) is 17.6. The fourth-order valence-electron chi connectivity index (χ4n) is 3.53. The molecule has 1 N–H and O–H groups in total. The SMILES string of the molecule is CN(CC(=O)NC1(C#N)CCCCC1)Cc1ccc2c(c1)OCCO2. The van der Waals surface area contributed by atoms with E-state index in [1.54, 1.807) is 0 Å². The van der Waals surface area contributed by atoms with Crippen LogP contribution in [-0.2, 0) is 11.3 Å². The van der Waals surface area contributed by atoms with Crippen molar-refractivity contribution in [2.75, 3.05) is 26.8 Å². The van der Waals surface area contributed by atoms with Gasteiger partial charge in [-0.3, -0.25) is 9.69 Å². The van der Waals surface area contributed by atoms with Crippen molar-refractivity contribution in [2.45, 2.75) is 44.2 Å². The molecule has 2 aliphatic rings. The number of fused-ring (bicyclic) bond motifs is 1. The molecule has 1 aliphatic carbocycles. The molecule has 0 spiro atoms. The number of nitrogens with one attached hydrogen (secondary N) is 1. The average Bonchev–Trinajstić information content (AvgIpc) is 2.62. The van der Waals surface area contributed by atoms with Gasteiger partial charge in [0.15, 0.2) is 11.5 Å². The van der Waals surface area contributed by atoms with Crippen LogP contribution in [0.2, 0.25) is 0 Å². The highest BCUT2D eigenvalue weighted by Crippen LogP contribution is 2.31. The Hall–Kier alpha value is -2.26. The minimum absolute atomic E-state index is 0.0940. The molecule has 6 nitrogen and oxygen atoms in total. The second kappa shape index (κ2) is 7.75. The van der Waals surface area contributed by atoms with Crippen molar-refractivity contribution < 1.29 is 14.3 Å². The normalized spacial score (nSPS) is 18.4. The van der Waals surface area contributed by atoms with Crippen molar-refractivity contribution in [3.05, 3.63) is 23.8 Å². The number of hydrogen-bond donors (Lipinski definition) is 1. The molecule has 1 saturated carbocycles. The first-order chi connectivity index (χ1) is 12.1. The molecule has 1 amide bonds. The largest absolute Gasteiger partial charge is 0.486 e. The van der Waals surface area contributed by atoms with Crippen LogP contribution < -0.4 is 14.8 Å². The van der Waals surface area contributed by atoms with E-state index in [1.165, 1.54) is 0 Å². The number of nitriles is 1. The summed E-state index contributed by atoms with van der Waals surface area (Å²) in [6, 6.07) is 8.18. The summed E-state index contributed by atoms with van der Waals surface area (Å²) in [7, 11) is 1.90. The first-order valence-corrected chi connectivity index (χ1v) is 8.90. The van der Waals surface area contributed by atoms with Crippen LogP contribution in [0.4, 0.5) is 0 Å². The number of benzene rings is 1. The number of hydrogen-bond acceptors (Lipinski definition) is 5. The molecule has 0 bridgehead atoms. The molecule has 6 heteroatoms. The van der Waals surface area contributed by atoms with E-state index in [2.05, 4.69) is 11.4 Å². The van der Waals surface area contributed by atoms with Gasteiger partial charge in [0.05, 0.1) is 12.6 Å². The van der Waals surface area contributed by atoms with Crippen LogP contribution in [0.25, 0.3) is 0 Å². The summed E-state index contributed by atoms with van der Waals surface area (Å²) in [6.07, 6.45) is 4.65. The van der Waals surface area contributed by atoms with Crippen LogP contribution >= 0.6 is 0 Å². The van der Waals surface area contributed by atoms with Gasteiger partial charge in [0, 0.05) is 6.54 Å². The van der Waals surface area contributed by atoms with Gasteiger partial charge in [0.1, 0.15) is 18.8 Å². The van der Waals surface area contributed by atoms with Gasteiger partial charge in [-0.15, -0.1) is 0 Å². The van der Waals surface area contributed by atoms with Crippen LogP contribution in [0.3, 0.4) is 0 Å². The van der Waals surface area contributed by atoms with Crippen molar-refractivity contribution in [3.63, 3.8) is 0 Å². The van der Waals surface area contributed by atoms with Gasteiger partial charge < -0.3 is 14.8 Å². The second-order valence-electron chi connectivity index (χ2n) is 6.95. The summed E-state index contributed by atoms with van der Waals surface area (Å²) in [5.41, 5.74) is 0.389. The lowest BCUT2D eigenvalue weighted by Crippen LogP contribution is -2.51. The van der Waals surface area contributed by atoms with E-state index in [0.29, 0.717) is 19.8 Å². The van der Waals surface area contributed by atoms with E-state index < -0.39 is 5.54 Å². The van der Waals surface area contributed by atoms with Crippen LogP contribution in [-0.4, -0.2) is 43.2 Å². The summed E-state index contributed by atoms with van der Waals surface area (Å²) in [4.78, 5) is 14.3. The lowest BCUT2D eigenvalue weighted by molar-refractivity contribution is -0.123. The minimum Gasteiger partial charge on any atom is -0.486 e. The highest BCUT2D eigenvalue weighted by Gasteiger charge is 2.33. The Bertz CT molecular complexity index is 662. The van der Waals surface area contributed by atoms with Gasteiger partial charge in [-0.2, -0.15) is 5.26 Å². The van der Waals surface area contributed by atoms with E-state index in [4.69, 9.17) is 9.47 Å². The van der Waals surface area contributed by atoms with Crippen LogP contribution in [0, 0.1) is 11.3 Å². The number of carbonyl (C=O) groups excluding carboxylic acids is 1. The quantitative estimate of drug-likeness (QED) is 0.887. The van der Waals surface area contributed by atoms with Gasteiger partial charge in [-0.1, -0.05) is 25.3 Å². The van der Waals surface area contributed by atoms with Crippen molar-refractivity contribution in [1.29, 1.82) is 5.26 Å². The molecule has 0 unspecified atom stereocenters. The zero-order valence-electron chi connectivity index (χ0n) is 14.7. The van der Waals surface area contributed by atoms with Gasteiger partial charge in [-0.25, -0.2) is 0 Å². The van der Waals surface area contributed by atoms with Gasteiger partial charge >= 0.3 is 0 Å². The minimum atomic E-state index is -0.673. The van der Waals surface area contributed by atoms with Crippen molar-refractivity contribution in [2.24, 2.45) is 0 Å². The Kier molecular flexibility index (Phi) is 5.44. The summed E-state index contributed by atoms with van der Waals surface area (Å²) in [5, 5.41) is 12.4. The Morgan fingerprint density at radius 2 is 1.96 bits per heavy atom. The molecule has 134 valence electrons. The van der Waals surface area contributed by atoms with Crippen molar-refractivity contribution >= 4 is 5.91 Å². The number of amides is 1. The summed E-state index contributed by atoms with van der Waals surface area (Å²) < 4.78 is 11.1. The standard InChI is InChI=1S/C19H25N3O3/c1-22(12-15-5-6-16-17(11-15)25-10-9-24-16)13-18(23)21-19(14-20)7-3-2-4-8-19/h5-6,11H,2-4,7-10,12-13H2,1H3,(H,21,23). The summed E-state index contributed by atoms with van der Waals surface area (Å²) in [6.45, 7) is 2.03. The number of nitrogens with zero attached hydrogens (tertiary/aromatic N) is 2. The molecular weight excluding hydrogens is 318 g/mol. The molecule has 25 heavy (non-hydrogen) atoms. The highest BCUT2D eigenvalue weighted by atomic mass is 16.6. The molecule has 0 atom stereocenters. The maximum Gasteiger partial charge on any atom is 0.235 e. The lowest BCUT2D eigenvalue weighted by Gasteiger charge is -2.32. The second-order valence-corrected chi connectivity index (χ2v) is 6.95. The molecule has 0 radical (unpaired) electrons. The van der Waals surface area contributed by atoms with Gasteiger partial charge in [0.25, 0.3) is 0 Å². The Morgan fingerprint density at radius 1 is 1.24 bits per heavy atom. The predicted octanol–water partition coefficient (Wildman–Crippen LogP) is 2.23. The fourth-order valence-corrected chi connectivity index (χ4v) is 3.53. The molecule has 1 aromatic carbocycles. The van der Waals surface area contributed by atoms with E-state index in [0.717, 1.165) is 49.2 Å². The topological polar surface area (TPSA) is 74.6 Å². The molecule has 3 rings (SSSR count). The Labute approximate surface area is 148 Å². The van der Waals surface area contributed by atoms with Crippen LogP contribution in [0.15, 0.2) is 18.2 Å². The van der Waals surface area contributed by atoms with E-state index in [9.17, 15) is 10.1 Å². The van der Waals surface area contributed by atoms with Crippen molar-refractivity contribution in [3.8, 4) is 17.6 Å². The molecule has 0 aromatic heterocycles. The third-order valence-electron chi connectivity index (χ3n) is 4.77.